The molecule has 6 aromatic rings. The van der Waals surface area contributed by atoms with Crippen molar-refractivity contribution in [3.63, 3.8) is 0 Å². The number of carbonyl (C=O) groups excluding carboxylic acids is 4. The van der Waals surface area contributed by atoms with Gasteiger partial charge in [0, 0.05) is 37.6 Å². The van der Waals surface area contributed by atoms with Crippen LogP contribution in [0, 0.1) is 26.7 Å². The fraction of sp³-hybridized carbons (Fsp3) is 0.296. The zero-order valence-corrected chi connectivity index (χ0v) is 41.2. The number of Topliss-reactive ketones (excluding diaryl/α,β-unsaturated/α-hetero) is 1. The molecule has 70 heavy (non-hydrogen) atoms. The van der Waals surface area contributed by atoms with E-state index in [0.29, 0.717) is 22.6 Å². The second-order valence-corrected chi connectivity index (χ2v) is 19.9. The summed E-state index contributed by atoms with van der Waals surface area (Å²) in [5.74, 6) is -2.56. The number of aliphatic imine (C=N–C) groups is 1. The van der Waals surface area contributed by atoms with Crippen LogP contribution in [0.5, 0.6) is 0 Å². The fourth-order valence-corrected chi connectivity index (χ4v) is 10.7. The molecule has 0 aliphatic carbocycles. The molecule has 5 aromatic carbocycles. The van der Waals surface area contributed by atoms with Crippen LogP contribution in [-0.2, 0) is 41.2 Å². The number of nitrogens with zero attached hydrogens (tertiary/aromatic N) is 3. The second-order valence-electron chi connectivity index (χ2n) is 18.3. The summed E-state index contributed by atoms with van der Waals surface area (Å²) in [6.45, 7) is 10.3. The lowest BCUT2D eigenvalue weighted by Gasteiger charge is -2.38. The molecule has 0 saturated carbocycles. The number of anilines is 1. The van der Waals surface area contributed by atoms with Crippen molar-refractivity contribution < 1.29 is 37.1 Å². The van der Waals surface area contributed by atoms with Crippen LogP contribution in [0.4, 0.5) is 16.4 Å². The maximum absolute atomic E-state index is 14.4. The van der Waals surface area contributed by atoms with E-state index in [4.69, 9.17) is 19.5 Å². The van der Waals surface area contributed by atoms with Crippen molar-refractivity contribution in [3.8, 4) is 0 Å². The first kappa shape index (κ1) is 50.4. The first-order valence-corrected chi connectivity index (χ1v) is 24.5. The Kier molecular flexibility index (Phi) is 15.5. The number of benzene rings is 5. The number of hydrogen-bond donors (Lipinski definition) is 4. The van der Waals surface area contributed by atoms with Crippen molar-refractivity contribution in [3.05, 3.63) is 178 Å². The molecular weight excluding hydrogens is 907 g/mol. The Balaban J connectivity index is 1.18. The minimum Gasteiger partial charge on any atom is -0.468 e. The molecule has 2 amide bonds. The second kappa shape index (κ2) is 21.5. The number of amides is 2. The Labute approximate surface area is 409 Å². The maximum Gasteiger partial charge on any atom is 0.407 e. The summed E-state index contributed by atoms with van der Waals surface area (Å²) in [5.41, 5.74) is 4.48. The fourth-order valence-electron chi connectivity index (χ4n) is 9.07. The molecule has 0 radical (unpaired) electrons. The molecular formula is C54H59N7O8S. The summed E-state index contributed by atoms with van der Waals surface area (Å²) in [6, 6.07) is 37.8. The van der Waals surface area contributed by atoms with Crippen LogP contribution in [0.3, 0.4) is 0 Å². The number of ether oxygens (including phenoxy) is 2. The molecule has 1 aromatic heterocycles. The number of hydrogen-bond acceptors (Lipinski definition) is 11. The largest absolute Gasteiger partial charge is 0.468 e. The van der Waals surface area contributed by atoms with Crippen molar-refractivity contribution in [2.45, 2.75) is 83.0 Å². The van der Waals surface area contributed by atoms with Crippen LogP contribution in [0.25, 0.3) is 0 Å². The minimum atomic E-state index is -4.28. The van der Waals surface area contributed by atoms with Crippen molar-refractivity contribution in [2.24, 2.45) is 10.9 Å². The van der Waals surface area contributed by atoms with Gasteiger partial charge in [0.1, 0.15) is 22.9 Å². The number of rotatable bonds is 18. The lowest BCUT2D eigenvalue weighted by Crippen LogP contribution is -2.51. The van der Waals surface area contributed by atoms with E-state index >= 15 is 0 Å². The predicted octanol–water partition coefficient (Wildman–Crippen LogP) is 8.09. The molecule has 16 heteroatoms. The van der Waals surface area contributed by atoms with E-state index in [2.05, 4.69) is 61.6 Å². The van der Waals surface area contributed by atoms with Crippen molar-refractivity contribution >= 4 is 51.1 Å². The Morgan fingerprint density at radius 1 is 0.800 bits per heavy atom. The third-order valence-electron chi connectivity index (χ3n) is 11.9. The van der Waals surface area contributed by atoms with E-state index in [1.165, 1.54) is 0 Å². The van der Waals surface area contributed by atoms with Gasteiger partial charge in [-0.1, -0.05) is 115 Å². The molecule has 0 bridgehead atoms. The molecule has 2 unspecified atom stereocenters. The average Bonchev–Trinajstić information content (AvgIpc) is 3.80. The highest BCUT2D eigenvalue weighted by Gasteiger charge is 2.40. The van der Waals surface area contributed by atoms with E-state index in [1.807, 2.05) is 73.8 Å². The van der Waals surface area contributed by atoms with Crippen molar-refractivity contribution in [1.29, 1.82) is 0 Å². The van der Waals surface area contributed by atoms with E-state index in [0.717, 1.165) is 34.9 Å². The van der Waals surface area contributed by atoms with E-state index in [9.17, 15) is 27.6 Å². The summed E-state index contributed by atoms with van der Waals surface area (Å²) in [5, 5.41) is 8.87. The van der Waals surface area contributed by atoms with E-state index in [1.54, 1.807) is 65.1 Å². The summed E-state index contributed by atoms with van der Waals surface area (Å²) < 4.78 is 42.3. The standard InChI is InChI=1S/C54H59N7O8S/c1-35-30-36(2)48(37(3)31-35)70(66,67)60-45(50(64)68-7)34-57-49(63)46-43(24-17-27-56-52(65)69-53(4,5)6)47(62)42-26-25-38(32-44(42)59-46)33-58-51-55-28-29-61(51)54(39-18-11-8-12-19-39,40-20-13-9-14-21-40)41-22-15-10-16-23-41/h8-16,18-23,25-26,28-32,43,45,60H,17,24,27,33-34H2,1-7H3,(H,55,58)(H,56,65)(H,57,63). The minimum absolute atomic E-state index is 0.00872. The summed E-state index contributed by atoms with van der Waals surface area (Å²) in [6.07, 6.45) is 3.47. The number of nitrogens with one attached hydrogen (secondary N) is 4. The van der Waals surface area contributed by atoms with Gasteiger partial charge in [0.05, 0.1) is 23.6 Å². The highest BCUT2D eigenvalue weighted by atomic mass is 32.2. The van der Waals surface area contributed by atoms with E-state index in [-0.39, 0.29) is 48.0 Å². The normalized spacial score (nSPS) is 14.2. The van der Waals surface area contributed by atoms with Crippen molar-refractivity contribution in [2.75, 3.05) is 25.5 Å². The number of imidazole rings is 1. The maximum atomic E-state index is 14.4. The van der Waals surface area contributed by atoms with Gasteiger partial charge in [0.15, 0.2) is 5.78 Å². The van der Waals surface area contributed by atoms with Crippen LogP contribution in [0.15, 0.2) is 144 Å². The van der Waals surface area contributed by atoms with E-state index < -0.39 is 57.6 Å². The molecule has 4 N–H and O–H groups in total. The molecule has 0 fully saturated rings. The van der Waals surface area contributed by atoms with Crippen LogP contribution >= 0.6 is 0 Å². The summed E-state index contributed by atoms with van der Waals surface area (Å²) in [4.78, 5) is 63.8. The number of fused-ring (bicyclic) bond motifs is 1. The first-order valence-electron chi connectivity index (χ1n) is 23.1. The van der Waals surface area contributed by atoms with Crippen LogP contribution in [0.1, 0.15) is 82.9 Å². The Bertz CT molecular complexity index is 2890. The molecule has 364 valence electrons. The highest BCUT2D eigenvalue weighted by Crippen LogP contribution is 2.42. The van der Waals surface area contributed by atoms with Gasteiger partial charge in [-0.05, 0) is 99.9 Å². The molecule has 7 rings (SSSR count). The zero-order chi connectivity index (χ0) is 50.2. The monoisotopic (exact) mass is 965 g/mol. The van der Waals surface area contributed by atoms with Gasteiger partial charge in [-0.2, -0.15) is 4.72 Å². The number of sulfonamides is 1. The number of esters is 1. The molecule has 1 aliphatic rings. The molecule has 1 aliphatic heterocycles. The van der Waals surface area contributed by atoms with Crippen LogP contribution in [-0.4, -0.2) is 79.3 Å². The lowest BCUT2D eigenvalue weighted by molar-refractivity contribution is -0.142. The van der Waals surface area contributed by atoms with Gasteiger partial charge in [-0.3, -0.25) is 19.0 Å². The van der Waals surface area contributed by atoms with Crippen LogP contribution in [0.2, 0.25) is 0 Å². The predicted molar refractivity (Wildman–Crippen MR) is 269 cm³/mol. The number of methoxy groups -OCH3 is 1. The molecule has 0 saturated heterocycles. The lowest BCUT2D eigenvalue weighted by atomic mass is 9.76. The van der Waals surface area contributed by atoms with Gasteiger partial charge >= 0.3 is 12.1 Å². The molecule has 15 nitrogen and oxygen atoms in total. The van der Waals surface area contributed by atoms with Gasteiger partial charge < -0.3 is 25.4 Å². The van der Waals surface area contributed by atoms with Gasteiger partial charge in [0.2, 0.25) is 16.0 Å². The summed E-state index contributed by atoms with van der Waals surface area (Å²) in [7, 11) is -3.17. The Morgan fingerprint density at radius 3 is 1.94 bits per heavy atom. The van der Waals surface area contributed by atoms with Gasteiger partial charge in [-0.25, -0.2) is 23.2 Å². The number of alkyl carbamates (subject to hydrolysis) is 1. The number of carbonyl (C=O) groups is 4. The number of aromatic nitrogens is 2. The zero-order valence-electron chi connectivity index (χ0n) is 40.4. The smallest absolute Gasteiger partial charge is 0.407 e. The number of ketones is 1. The SMILES string of the molecule is COC(=O)C(CNC(=O)C1=Nc2cc(CNc3nccn3C(c3ccccc3)(c3ccccc3)c3ccccc3)ccc2C(=O)C1CCCNC(=O)OC(C)(C)C)NS(=O)(=O)c1c(C)cc(C)cc1C. The molecule has 0 spiro atoms. The number of aryl methyl sites for hydroxylation is 3. The average molecular weight is 966 g/mol. The first-order chi connectivity index (χ1) is 33.4. The third kappa shape index (κ3) is 11.2. The van der Waals surface area contributed by atoms with Crippen molar-refractivity contribution in [1.82, 2.24) is 24.9 Å². The third-order valence-corrected chi connectivity index (χ3v) is 13.7. The summed E-state index contributed by atoms with van der Waals surface area (Å²) >= 11 is 0. The van der Waals surface area contributed by atoms with Crippen LogP contribution < -0.4 is 20.7 Å². The molecule has 2 atom stereocenters. The van der Waals surface area contributed by atoms with Gasteiger partial charge in [0.25, 0.3) is 5.91 Å². The molecule has 2 heterocycles. The topological polar surface area (TPSA) is 199 Å². The highest BCUT2D eigenvalue weighted by molar-refractivity contribution is 7.89. The Hall–Kier alpha value is -7.43. The van der Waals surface area contributed by atoms with Gasteiger partial charge in [-0.15, -0.1) is 0 Å². The Morgan fingerprint density at radius 2 is 1.39 bits per heavy atom. The quantitative estimate of drug-likeness (QED) is 0.0371.